The van der Waals surface area contributed by atoms with Crippen molar-refractivity contribution in [3.63, 3.8) is 0 Å². The Hall–Kier alpha value is -2.05. The maximum absolute atomic E-state index is 12.7. The number of sulfone groups is 1. The second-order valence-electron chi connectivity index (χ2n) is 6.19. The first-order chi connectivity index (χ1) is 12.4. The van der Waals surface area contributed by atoms with E-state index in [0.717, 1.165) is 18.8 Å². The normalized spacial score (nSPS) is 15.2. The molecule has 0 unspecified atom stereocenters. The van der Waals surface area contributed by atoms with E-state index in [9.17, 15) is 13.2 Å². The molecule has 5 nitrogen and oxygen atoms in total. The molecule has 7 heteroatoms. The van der Waals surface area contributed by atoms with Crippen LogP contribution in [0.1, 0.15) is 17.3 Å². The first-order valence-corrected chi connectivity index (χ1v) is 10.6. The molecule has 1 amide bonds. The van der Waals surface area contributed by atoms with E-state index in [1.807, 2.05) is 24.3 Å². The van der Waals surface area contributed by atoms with Crippen molar-refractivity contribution in [1.82, 2.24) is 4.90 Å². The predicted molar refractivity (Wildman–Crippen MR) is 104 cm³/mol. The van der Waals surface area contributed by atoms with Crippen LogP contribution in [-0.2, 0) is 9.84 Å². The molecule has 0 saturated carbocycles. The van der Waals surface area contributed by atoms with Crippen LogP contribution in [0, 0.1) is 0 Å². The van der Waals surface area contributed by atoms with Crippen LogP contribution in [0.25, 0.3) is 0 Å². The van der Waals surface area contributed by atoms with Gasteiger partial charge in [-0.15, -0.1) is 0 Å². The second kappa shape index (κ2) is 7.68. The largest absolute Gasteiger partial charge is 0.368 e. The number of nitrogens with zero attached hydrogens (tertiary/aromatic N) is 2. The average Bonchev–Trinajstić information content (AvgIpc) is 2.67. The van der Waals surface area contributed by atoms with E-state index in [-0.39, 0.29) is 16.6 Å². The van der Waals surface area contributed by atoms with Gasteiger partial charge >= 0.3 is 0 Å². The number of halogens is 1. The average molecular weight is 393 g/mol. The van der Waals surface area contributed by atoms with Gasteiger partial charge in [-0.25, -0.2) is 8.42 Å². The molecule has 138 valence electrons. The van der Waals surface area contributed by atoms with E-state index in [0.29, 0.717) is 23.7 Å². The zero-order valence-corrected chi connectivity index (χ0v) is 16.1. The maximum Gasteiger partial charge on any atom is 0.253 e. The molecule has 1 aliphatic rings. The quantitative estimate of drug-likeness (QED) is 0.802. The van der Waals surface area contributed by atoms with Crippen molar-refractivity contribution in [1.29, 1.82) is 0 Å². The SMILES string of the molecule is CCS(=O)(=O)c1ccc(C(=O)N2CCN(c3cccc(Cl)c3)CC2)cc1. The summed E-state index contributed by atoms with van der Waals surface area (Å²) in [6.45, 7) is 4.29. The summed E-state index contributed by atoms with van der Waals surface area (Å²) in [6.07, 6.45) is 0. The van der Waals surface area contributed by atoms with Crippen molar-refractivity contribution in [2.24, 2.45) is 0 Å². The molecule has 2 aromatic carbocycles. The van der Waals surface area contributed by atoms with Crippen LogP contribution in [0.15, 0.2) is 53.4 Å². The fraction of sp³-hybridized carbons (Fsp3) is 0.316. The number of carbonyl (C=O) groups excluding carboxylic acids is 1. The zero-order chi connectivity index (χ0) is 18.7. The van der Waals surface area contributed by atoms with E-state index in [1.165, 1.54) is 12.1 Å². The molecule has 0 N–H and O–H groups in total. The lowest BCUT2D eigenvalue weighted by atomic mass is 10.1. The Morgan fingerprint density at radius 1 is 1.04 bits per heavy atom. The molecular weight excluding hydrogens is 372 g/mol. The number of hydrogen-bond donors (Lipinski definition) is 0. The van der Waals surface area contributed by atoms with Crippen molar-refractivity contribution in [3.8, 4) is 0 Å². The summed E-state index contributed by atoms with van der Waals surface area (Å²) < 4.78 is 23.7. The first kappa shape index (κ1) is 18.7. The van der Waals surface area contributed by atoms with E-state index < -0.39 is 9.84 Å². The van der Waals surface area contributed by atoms with Crippen LogP contribution in [0.4, 0.5) is 5.69 Å². The van der Waals surface area contributed by atoms with Gasteiger partial charge < -0.3 is 9.80 Å². The Balaban J connectivity index is 1.65. The summed E-state index contributed by atoms with van der Waals surface area (Å²) >= 11 is 6.04. The van der Waals surface area contributed by atoms with Gasteiger partial charge in [-0.05, 0) is 42.5 Å². The van der Waals surface area contributed by atoms with Gasteiger partial charge in [0, 0.05) is 42.5 Å². The Bertz CT molecular complexity index is 889. The van der Waals surface area contributed by atoms with Gasteiger partial charge in [0.1, 0.15) is 0 Å². The van der Waals surface area contributed by atoms with E-state index in [4.69, 9.17) is 11.6 Å². The first-order valence-electron chi connectivity index (χ1n) is 8.53. The number of rotatable bonds is 4. The summed E-state index contributed by atoms with van der Waals surface area (Å²) in [5.41, 5.74) is 1.56. The van der Waals surface area contributed by atoms with Gasteiger partial charge in [0.05, 0.1) is 10.6 Å². The smallest absolute Gasteiger partial charge is 0.253 e. The van der Waals surface area contributed by atoms with Gasteiger partial charge in [-0.2, -0.15) is 0 Å². The Kier molecular flexibility index (Phi) is 5.53. The molecule has 0 radical (unpaired) electrons. The molecule has 0 aromatic heterocycles. The standard InChI is InChI=1S/C19H21ClN2O3S/c1-2-26(24,25)18-8-6-15(7-9-18)19(23)22-12-10-21(11-13-22)17-5-3-4-16(20)14-17/h3-9,14H,2,10-13H2,1H3. The van der Waals surface area contributed by atoms with Crippen LogP contribution in [0.2, 0.25) is 5.02 Å². The van der Waals surface area contributed by atoms with Gasteiger partial charge in [-0.1, -0.05) is 24.6 Å². The lowest BCUT2D eigenvalue weighted by Crippen LogP contribution is -2.48. The highest BCUT2D eigenvalue weighted by Crippen LogP contribution is 2.21. The summed E-state index contributed by atoms with van der Waals surface area (Å²) in [5, 5.41) is 0.697. The minimum absolute atomic E-state index is 0.0474. The number of carbonyl (C=O) groups is 1. The fourth-order valence-electron chi connectivity index (χ4n) is 2.99. The molecule has 0 aliphatic carbocycles. The molecular formula is C19H21ClN2O3S. The molecule has 0 spiro atoms. The van der Waals surface area contributed by atoms with E-state index >= 15 is 0 Å². The lowest BCUT2D eigenvalue weighted by Gasteiger charge is -2.36. The third-order valence-electron chi connectivity index (χ3n) is 4.58. The van der Waals surface area contributed by atoms with Crippen molar-refractivity contribution in [2.75, 3.05) is 36.8 Å². The van der Waals surface area contributed by atoms with Crippen LogP contribution in [-0.4, -0.2) is 51.2 Å². The lowest BCUT2D eigenvalue weighted by molar-refractivity contribution is 0.0746. The number of anilines is 1. The molecule has 1 aliphatic heterocycles. The summed E-state index contributed by atoms with van der Waals surface area (Å²) in [4.78, 5) is 16.9. The molecule has 0 bridgehead atoms. The summed E-state index contributed by atoms with van der Waals surface area (Å²) in [6, 6.07) is 13.9. The van der Waals surface area contributed by atoms with Crippen molar-refractivity contribution in [3.05, 3.63) is 59.1 Å². The Morgan fingerprint density at radius 3 is 2.27 bits per heavy atom. The third-order valence-corrected chi connectivity index (χ3v) is 6.57. The van der Waals surface area contributed by atoms with Gasteiger partial charge in [0.15, 0.2) is 9.84 Å². The topological polar surface area (TPSA) is 57.7 Å². The van der Waals surface area contributed by atoms with E-state index in [2.05, 4.69) is 4.90 Å². The molecule has 3 rings (SSSR count). The summed E-state index contributed by atoms with van der Waals surface area (Å²) in [5.74, 6) is -0.0256. The number of piperazine rings is 1. The number of benzene rings is 2. The number of amides is 1. The molecule has 1 fully saturated rings. The second-order valence-corrected chi connectivity index (χ2v) is 8.90. The van der Waals surface area contributed by atoms with Crippen LogP contribution < -0.4 is 4.90 Å². The predicted octanol–water partition coefficient (Wildman–Crippen LogP) is 3.10. The van der Waals surface area contributed by atoms with E-state index in [1.54, 1.807) is 24.0 Å². The van der Waals surface area contributed by atoms with Gasteiger partial charge in [0.2, 0.25) is 0 Å². The van der Waals surface area contributed by atoms with Crippen LogP contribution in [0.3, 0.4) is 0 Å². The molecule has 0 atom stereocenters. The fourth-order valence-corrected chi connectivity index (χ4v) is 4.06. The minimum Gasteiger partial charge on any atom is -0.368 e. The maximum atomic E-state index is 12.7. The van der Waals surface area contributed by atoms with Gasteiger partial charge in [-0.3, -0.25) is 4.79 Å². The van der Waals surface area contributed by atoms with Crippen molar-refractivity contribution in [2.45, 2.75) is 11.8 Å². The van der Waals surface area contributed by atoms with Crippen LogP contribution in [0.5, 0.6) is 0 Å². The highest BCUT2D eigenvalue weighted by Gasteiger charge is 2.23. The third kappa shape index (κ3) is 4.02. The van der Waals surface area contributed by atoms with Crippen molar-refractivity contribution < 1.29 is 13.2 Å². The number of hydrogen-bond acceptors (Lipinski definition) is 4. The highest BCUT2D eigenvalue weighted by atomic mass is 35.5. The molecule has 1 saturated heterocycles. The Morgan fingerprint density at radius 2 is 1.69 bits per heavy atom. The summed E-state index contributed by atoms with van der Waals surface area (Å²) in [7, 11) is -3.25. The monoisotopic (exact) mass is 392 g/mol. The molecule has 26 heavy (non-hydrogen) atoms. The van der Waals surface area contributed by atoms with Crippen molar-refractivity contribution >= 4 is 33.0 Å². The molecule has 1 heterocycles. The minimum atomic E-state index is -3.25. The van der Waals surface area contributed by atoms with Gasteiger partial charge in [0.25, 0.3) is 5.91 Å². The Labute approximate surface area is 159 Å². The zero-order valence-electron chi connectivity index (χ0n) is 14.6. The highest BCUT2D eigenvalue weighted by molar-refractivity contribution is 7.91. The van der Waals surface area contributed by atoms with Crippen LogP contribution >= 0.6 is 11.6 Å². The molecule has 2 aromatic rings.